The third kappa shape index (κ3) is 2.97. The van der Waals surface area contributed by atoms with E-state index in [1.165, 1.54) is 0 Å². The number of nitrogens with one attached hydrogen (secondary N) is 2. The first-order valence-corrected chi connectivity index (χ1v) is 6.98. The van der Waals surface area contributed by atoms with E-state index in [4.69, 9.17) is 0 Å². The third-order valence-corrected chi connectivity index (χ3v) is 3.73. The zero-order valence-corrected chi connectivity index (χ0v) is 11.5. The van der Waals surface area contributed by atoms with Crippen LogP contribution in [0.5, 0.6) is 5.75 Å². The fourth-order valence-corrected chi connectivity index (χ4v) is 2.68. The first kappa shape index (κ1) is 13.4. The predicted octanol–water partition coefficient (Wildman–Crippen LogP) is 2.27. The summed E-state index contributed by atoms with van der Waals surface area (Å²) in [6.45, 7) is 0.444. The molecule has 5 nitrogen and oxygen atoms in total. The number of carbonyl (C=O) groups excluding carboxylic acids is 1. The number of hydrogen-bond acceptors (Lipinski definition) is 3. The molecule has 1 unspecified atom stereocenters. The number of aromatic hydroxyl groups is 1. The van der Waals surface area contributed by atoms with Crippen LogP contribution in [0.1, 0.15) is 29.2 Å². The molecule has 0 bridgehead atoms. The Balaban J connectivity index is 1.59. The average molecular weight is 283 g/mol. The molecule has 5 heteroatoms. The van der Waals surface area contributed by atoms with E-state index in [9.17, 15) is 9.90 Å². The normalized spacial score (nSPS) is 16.3. The van der Waals surface area contributed by atoms with Crippen molar-refractivity contribution in [3.8, 4) is 5.75 Å². The van der Waals surface area contributed by atoms with Crippen molar-refractivity contribution in [1.82, 2.24) is 15.6 Å². The van der Waals surface area contributed by atoms with Gasteiger partial charge in [-0.1, -0.05) is 18.2 Å². The molecule has 0 spiro atoms. The van der Waals surface area contributed by atoms with E-state index < -0.39 is 0 Å². The molecule has 108 valence electrons. The number of urea groups is 1. The van der Waals surface area contributed by atoms with Crippen LogP contribution in [0.25, 0.3) is 0 Å². The van der Waals surface area contributed by atoms with Crippen LogP contribution in [0.2, 0.25) is 0 Å². The largest absolute Gasteiger partial charge is 0.508 e. The summed E-state index contributed by atoms with van der Waals surface area (Å²) in [6, 6.07) is 8.95. The standard InChI is InChI=1S/C16H17N3O2/c20-15-5-1-4-12-13(15)6-7-14(12)19-16(21)18-10-11-3-2-8-17-9-11/h1-5,8-9,14,20H,6-7,10H2,(H2,18,19,21). The monoisotopic (exact) mass is 283 g/mol. The smallest absolute Gasteiger partial charge is 0.315 e. The minimum Gasteiger partial charge on any atom is -0.508 e. The molecule has 0 radical (unpaired) electrons. The van der Waals surface area contributed by atoms with Gasteiger partial charge in [-0.05, 0) is 41.7 Å². The van der Waals surface area contributed by atoms with Crippen LogP contribution in [0.4, 0.5) is 4.79 Å². The van der Waals surface area contributed by atoms with E-state index in [0.29, 0.717) is 12.3 Å². The summed E-state index contributed by atoms with van der Waals surface area (Å²) >= 11 is 0. The summed E-state index contributed by atoms with van der Waals surface area (Å²) in [4.78, 5) is 16.0. The molecular formula is C16H17N3O2. The van der Waals surface area contributed by atoms with Gasteiger partial charge in [0.1, 0.15) is 5.75 Å². The van der Waals surface area contributed by atoms with Gasteiger partial charge in [0.2, 0.25) is 0 Å². The quantitative estimate of drug-likeness (QED) is 0.809. The lowest BCUT2D eigenvalue weighted by Gasteiger charge is -2.15. The Bertz CT molecular complexity index is 643. The van der Waals surface area contributed by atoms with E-state index in [2.05, 4.69) is 15.6 Å². The highest BCUT2D eigenvalue weighted by atomic mass is 16.3. The van der Waals surface area contributed by atoms with Crippen molar-refractivity contribution in [3.63, 3.8) is 0 Å². The molecule has 0 saturated carbocycles. The van der Waals surface area contributed by atoms with Gasteiger partial charge in [0.05, 0.1) is 6.04 Å². The summed E-state index contributed by atoms with van der Waals surface area (Å²) in [5, 5.41) is 15.6. The van der Waals surface area contributed by atoms with Crippen LogP contribution in [-0.4, -0.2) is 16.1 Å². The lowest BCUT2D eigenvalue weighted by atomic mass is 10.1. The second-order valence-electron chi connectivity index (χ2n) is 5.12. The van der Waals surface area contributed by atoms with E-state index in [-0.39, 0.29) is 12.1 Å². The summed E-state index contributed by atoms with van der Waals surface area (Å²) in [6.07, 6.45) is 5.03. The van der Waals surface area contributed by atoms with Crippen LogP contribution >= 0.6 is 0 Å². The fourth-order valence-electron chi connectivity index (χ4n) is 2.68. The van der Waals surface area contributed by atoms with Crippen molar-refractivity contribution in [3.05, 3.63) is 59.4 Å². The van der Waals surface area contributed by atoms with Gasteiger partial charge in [-0.3, -0.25) is 4.98 Å². The summed E-state index contributed by atoms with van der Waals surface area (Å²) < 4.78 is 0. The number of aromatic nitrogens is 1. The molecule has 3 N–H and O–H groups in total. The molecule has 1 heterocycles. The topological polar surface area (TPSA) is 74.2 Å². The molecule has 0 aliphatic heterocycles. The minimum atomic E-state index is -0.208. The van der Waals surface area contributed by atoms with Gasteiger partial charge in [0.15, 0.2) is 0 Å². The first-order chi connectivity index (χ1) is 10.2. The molecule has 2 amide bonds. The second kappa shape index (κ2) is 5.83. The number of amides is 2. The van der Waals surface area contributed by atoms with Gasteiger partial charge in [-0.15, -0.1) is 0 Å². The van der Waals surface area contributed by atoms with Crippen molar-refractivity contribution < 1.29 is 9.90 Å². The highest BCUT2D eigenvalue weighted by molar-refractivity contribution is 5.74. The molecule has 0 saturated heterocycles. The van der Waals surface area contributed by atoms with Crippen molar-refractivity contribution in [2.45, 2.75) is 25.4 Å². The first-order valence-electron chi connectivity index (χ1n) is 6.98. The maximum absolute atomic E-state index is 12.0. The van der Waals surface area contributed by atoms with Crippen LogP contribution in [0.15, 0.2) is 42.7 Å². The molecule has 3 rings (SSSR count). The molecule has 1 aliphatic rings. The molecule has 0 fully saturated rings. The van der Waals surface area contributed by atoms with Gasteiger partial charge in [-0.2, -0.15) is 0 Å². The van der Waals surface area contributed by atoms with Gasteiger partial charge >= 0.3 is 6.03 Å². The number of carbonyl (C=O) groups is 1. The number of phenols is 1. The van der Waals surface area contributed by atoms with Gasteiger partial charge in [0, 0.05) is 18.9 Å². The van der Waals surface area contributed by atoms with Crippen molar-refractivity contribution in [2.24, 2.45) is 0 Å². The van der Waals surface area contributed by atoms with E-state index in [0.717, 1.165) is 29.5 Å². The summed E-state index contributed by atoms with van der Waals surface area (Å²) in [7, 11) is 0. The van der Waals surface area contributed by atoms with Crippen molar-refractivity contribution in [2.75, 3.05) is 0 Å². The second-order valence-corrected chi connectivity index (χ2v) is 5.12. The van der Waals surface area contributed by atoms with Gasteiger partial charge in [0.25, 0.3) is 0 Å². The Hall–Kier alpha value is -2.56. The SMILES string of the molecule is O=C(NCc1cccnc1)NC1CCc2c(O)cccc21. The molecule has 1 atom stereocenters. The highest BCUT2D eigenvalue weighted by Gasteiger charge is 2.25. The van der Waals surface area contributed by atoms with Crippen molar-refractivity contribution in [1.29, 1.82) is 0 Å². The van der Waals surface area contributed by atoms with Crippen molar-refractivity contribution >= 4 is 6.03 Å². The van der Waals surface area contributed by atoms with E-state index in [1.807, 2.05) is 24.3 Å². The number of hydrogen-bond donors (Lipinski definition) is 3. The lowest BCUT2D eigenvalue weighted by Crippen LogP contribution is -2.36. The molecule has 2 aromatic rings. The Morgan fingerprint density at radius 3 is 3.05 bits per heavy atom. The fraction of sp³-hybridized carbons (Fsp3) is 0.250. The Morgan fingerprint density at radius 2 is 2.24 bits per heavy atom. The van der Waals surface area contributed by atoms with Gasteiger partial charge in [-0.25, -0.2) is 4.79 Å². The van der Waals surface area contributed by atoms with Gasteiger partial charge < -0.3 is 15.7 Å². The third-order valence-electron chi connectivity index (χ3n) is 3.73. The van der Waals surface area contributed by atoms with Crippen LogP contribution in [-0.2, 0) is 13.0 Å². The zero-order chi connectivity index (χ0) is 14.7. The summed E-state index contributed by atoms with van der Waals surface area (Å²) in [5.74, 6) is 0.313. The Labute approximate surface area is 123 Å². The van der Waals surface area contributed by atoms with Crippen LogP contribution in [0.3, 0.4) is 0 Å². The number of nitrogens with zero attached hydrogens (tertiary/aromatic N) is 1. The number of benzene rings is 1. The highest BCUT2D eigenvalue weighted by Crippen LogP contribution is 2.36. The minimum absolute atomic E-state index is 0.0407. The summed E-state index contributed by atoms with van der Waals surface area (Å²) in [5.41, 5.74) is 2.90. The Morgan fingerprint density at radius 1 is 1.33 bits per heavy atom. The Kier molecular flexibility index (Phi) is 3.73. The number of pyridine rings is 1. The maximum Gasteiger partial charge on any atom is 0.315 e. The maximum atomic E-state index is 12.0. The van der Waals surface area contributed by atoms with E-state index >= 15 is 0 Å². The van der Waals surface area contributed by atoms with Crippen LogP contribution in [0, 0.1) is 0 Å². The number of fused-ring (bicyclic) bond motifs is 1. The zero-order valence-electron chi connectivity index (χ0n) is 11.5. The number of phenolic OH excluding ortho intramolecular Hbond substituents is 1. The molecule has 1 aromatic carbocycles. The lowest BCUT2D eigenvalue weighted by molar-refractivity contribution is 0.236. The molecule has 1 aliphatic carbocycles. The van der Waals surface area contributed by atoms with Crippen LogP contribution < -0.4 is 10.6 Å². The number of rotatable bonds is 3. The predicted molar refractivity (Wildman–Crippen MR) is 78.8 cm³/mol. The molecular weight excluding hydrogens is 266 g/mol. The molecule has 1 aromatic heterocycles. The van der Waals surface area contributed by atoms with E-state index in [1.54, 1.807) is 18.5 Å². The average Bonchev–Trinajstić information content (AvgIpc) is 2.91. The molecule has 21 heavy (non-hydrogen) atoms.